The normalized spacial score (nSPS) is 21.6. The fourth-order valence-electron chi connectivity index (χ4n) is 4.51. The molecule has 2 aliphatic rings. The van der Waals surface area contributed by atoms with Crippen LogP contribution in [0, 0.1) is 0 Å². The van der Waals surface area contributed by atoms with E-state index in [2.05, 4.69) is 29.2 Å². The highest BCUT2D eigenvalue weighted by Crippen LogP contribution is 2.38. The highest BCUT2D eigenvalue weighted by atomic mass is 16.5. The van der Waals surface area contributed by atoms with Gasteiger partial charge in [-0.05, 0) is 34.9 Å². The highest BCUT2D eigenvalue weighted by Gasteiger charge is 2.31. The van der Waals surface area contributed by atoms with Crippen LogP contribution in [-0.2, 0) is 20.9 Å². The zero-order valence-corrected chi connectivity index (χ0v) is 15.8. The first-order valence-corrected chi connectivity index (χ1v) is 9.96. The molecule has 28 heavy (non-hydrogen) atoms. The maximum absolute atomic E-state index is 12.5. The van der Waals surface area contributed by atoms with Crippen molar-refractivity contribution >= 4 is 33.3 Å². The first-order chi connectivity index (χ1) is 13.7. The van der Waals surface area contributed by atoms with Gasteiger partial charge in [0, 0.05) is 42.9 Å². The number of Topliss-reactive ketones (excluding diaryl/α,β-unsaturated/α-hetero) is 2. The van der Waals surface area contributed by atoms with Crippen LogP contribution in [0.25, 0.3) is 21.7 Å². The van der Waals surface area contributed by atoms with Crippen molar-refractivity contribution in [2.45, 2.75) is 31.7 Å². The summed E-state index contributed by atoms with van der Waals surface area (Å²) in [4.78, 5) is 26.5. The number of rotatable bonds is 3. The van der Waals surface area contributed by atoms with E-state index < -0.39 is 0 Å². The Bertz CT molecular complexity index is 1060. The maximum atomic E-state index is 12.5. The minimum atomic E-state index is -0.238. The Morgan fingerprint density at radius 2 is 1.93 bits per heavy atom. The summed E-state index contributed by atoms with van der Waals surface area (Å²) in [6.45, 7) is 4.44. The third-order valence-electron chi connectivity index (χ3n) is 6.00. The molecule has 5 rings (SSSR count). The van der Waals surface area contributed by atoms with Gasteiger partial charge in [-0.3, -0.25) is 14.5 Å². The van der Waals surface area contributed by atoms with E-state index in [-0.39, 0.29) is 23.9 Å². The van der Waals surface area contributed by atoms with Gasteiger partial charge in [-0.15, -0.1) is 0 Å². The van der Waals surface area contributed by atoms with Crippen molar-refractivity contribution in [2.24, 2.45) is 0 Å². The Kier molecular flexibility index (Phi) is 4.49. The molecular formula is C23H23NO4. The van der Waals surface area contributed by atoms with E-state index in [1.54, 1.807) is 6.26 Å². The van der Waals surface area contributed by atoms with Gasteiger partial charge in [0.1, 0.15) is 17.1 Å². The van der Waals surface area contributed by atoms with Gasteiger partial charge >= 0.3 is 0 Å². The van der Waals surface area contributed by atoms with Crippen LogP contribution in [0.2, 0.25) is 0 Å². The number of carbonyl (C=O) groups excluding carboxylic acids is 2. The predicted octanol–water partition coefficient (Wildman–Crippen LogP) is 3.82. The van der Waals surface area contributed by atoms with E-state index in [1.165, 1.54) is 5.56 Å². The molecule has 2 heterocycles. The number of hydrogen-bond donors (Lipinski definition) is 0. The van der Waals surface area contributed by atoms with Gasteiger partial charge < -0.3 is 9.15 Å². The lowest BCUT2D eigenvalue weighted by Gasteiger charge is -2.26. The number of morpholine rings is 1. The van der Waals surface area contributed by atoms with E-state index in [4.69, 9.17) is 9.15 Å². The summed E-state index contributed by atoms with van der Waals surface area (Å²) in [7, 11) is 0. The molecule has 0 unspecified atom stereocenters. The maximum Gasteiger partial charge on any atom is 0.147 e. The molecule has 0 N–H and O–H groups in total. The van der Waals surface area contributed by atoms with Gasteiger partial charge in [0.25, 0.3) is 0 Å². The number of nitrogens with zero attached hydrogens (tertiary/aromatic N) is 1. The molecule has 1 aliphatic carbocycles. The standard InChI is InChI=1S/C23H23NO4/c25-17-3-5-19(21(26)12-17)20-14-28-22-6-2-16-11-15(1-4-18(16)23(20)22)13-24-7-9-27-10-8-24/h1-2,4,6,11,14,19H,3,5,7-10,12-13H2/t19-/m1/s1. The lowest BCUT2D eigenvalue weighted by molar-refractivity contribution is -0.130. The van der Waals surface area contributed by atoms with Gasteiger partial charge in [0.05, 0.1) is 25.9 Å². The number of hydrogen-bond acceptors (Lipinski definition) is 5. The van der Waals surface area contributed by atoms with Crippen molar-refractivity contribution in [1.29, 1.82) is 0 Å². The molecule has 1 aliphatic heterocycles. The minimum absolute atomic E-state index is 0.0138. The number of ether oxygens (including phenoxy) is 1. The van der Waals surface area contributed by atoms with Gasteiger partial charge in [0.15, 0.2) is 0 Å². The summed E-state index contributed by atoms with van der Waals surface area (Å²) >= 11 is 0. The van der Waals surface area contributed by atoms with E-state index in [9.17, 15) is 9.59 Å². The SMILES string of the molecule is O=C1CC[C@H](c2coc3ccc4cc(CN5CCOCC5)ccc4c23)C(=O)C1. The second-order valence-corrected chi connectivity index (χ2v) is 7.85. The lowest BCUT2D eigenvalue weighted by atomic mass is 9.81. The molecule has 1 atom stereocenters. The molecule has 144 valence electrons. The molecule has 1 saturated heterocycles. The molecule has 5 heteroatoms. The minimum Gasteiger partial charge on any atom is -0.464 e. The van der Waals surface area contributed by atoms with Crippen molar-refractivity contribution in [3.63, 3.8) is 0 Å². The molecule has 0 amide bonds. The van der Waals surface area contributed by atoms with Crippen LogP contribution in [0.4, 0.5) is 0 Å². The Morgan fingerprint density at radius 3 is 2.75 bits per heavy atom. The largest absolute Gasteiger partial charge is 0.464 e. The van der Waals surface area contributed by atoms with Crippen molar-refractivity contribution in [1.82, 2.24) is 4.90 Å². The number of benzene rings is 2. The average molecular weight is 377 g/mol. The van der Waals surface area contributed by atoms with Crippen LogP contribution in [0.5, 0.6) is 0 Å². The second-order valence-electron chi connectivity index (χ2n) is 7.85. The quantitative estimate of drug-likeness (QED) is 0.650. The second kappa shape index (κ2) is 7.15. The van der Waals surface area contributed by atoms with E-state index in [0.29, 0.717) is 12.8 Å². The van der Waals surface area contributed by atoms with Gasteiger partial charge in [-0.1, -0.05) is 18.2 Å². The molecule has 1 saturated carbocycles. The monoisotopic (exact) mass is 377 g/mol. The highest BCUT2D eigenvalue weighted by molar-refractivity contribution is 6.11. The average Bonchev–Trinajstić information content (AvgIpc) is 3.13. The molecule has 3 aromatic rings. The van der Waals surface area contributed by atoms with Gasteiger partial charge in [-0.25, -0.2) is 0 Å². The third-order valence-corrected chi connectivity index (χ3v) is 6.00. The van der Waals surface area contributed by atoms with Crippen molar-refractivity contribution in [3.8, 4) is 0 Å². The van der Waals surface area contributed by atoms with Crippen molar-refractivity contribution in [3.05, 3.63) is 47.7 Å². The first kappa shape index (κ1) is 17.6. The number of furan rings is 1. The topological polar surface area (TPSA) is 59.8 Å². The molecular weight excluding hydrogens is 354 g/mol. The van der Waals surface area contributed by atoms with Crippen molar-refractivity contribution < 1.29 is 18.7 Å². The first-order valence-electron chi connectivity index (χ1n) is 9.96. The molecule has 2 aromatic carbocycles. The van der Waals surface area contributed by atoms with Crippen LogP contribution in [0.15, 0.2) is 41.0 Å². The van der Waals surface area contributed by atoms with E-state index in [0.717, 1.165) is 60.2 Å². The van der Waals surface area contributed by atoms with E-state index in [1.807, 2.05) is 6.07 Å². The summed E-state index contributed by atoms with van der Waals surface area (Å²) in [5.74, 6) is -0.177. The summed E-state index contributed by atoms with van der Waals surface area (Å²) in [6.07, 6.45) is 2.81. The van der Waals surface area contributed by atoms with E-state index >= 15 is 0 Å². The fraction of sp³-hybridized carbons (Fsp3) is 0.391. The zero-order valence-electron chi connectivity index (χ0n) is 15.8. The molecule has 0 spiro atoms. The molecule has 0 radical (unpaired) electrons. The fourth-order valence-corrected chi connectivity index (χ4v) is 4.51. The van der Waals surface area contributed by atoms with Crippen LogP contribution in [-0.4, -0.2) is 42.8 Å². The number of fused-ring (bicyclic) bond motifs is 3. The predicted molar refractivity (Wildman–Crippen MR) is 106 cm³/mol. The van der Waals surface area contributed by atoms with Crippen LogP contribution in [0.1, 0.15) is 36.3 Å². The lowest BCUT2D eigenvalue weighted by Crippen LogP contribution is -2.35. The van der Waals surface area contributed by atoms with Crippen LogP contribution < -0.4 is 0 Å². The number of carbonyl (C=O) groups is 2. The third kappa shape index (κ3) is 3.15. The molecule has 1 aromatic heterocycles. The van der Waals surface area contributed by atoms with Crippen LogP contribution >= 0.6 is 0 Å². The molecule has 2 fully saturated rings. The Morgan fingerprint density at radius 1 is 1.07 bits per heavy atom. The summed E-state index contributed by atoms with van der Waals surface area (Å²) < 4.78 is 11.2. The summed E-state index contributed by atoms with van der Waals surface area (Å²) in [6, 6.07) is 10.6. The smallest absolute Gasteiger partial charge is 0.147 e. The summed E-state index contributed by atoms with van der Waals surface area (Å²) in [5, 5.41) is 3.28. The van der Waals surface area contributed by atoms with Gasteiger partial charge in [0.2, 0.25) is 0 Å². The molecule has 5 nitrogen and oxygen atoms in total. The summed E-state index contributed by atoms with van der Waals surface area (Å²) in [5.41, 5.74) is 3.00. The number of ketones is 2. The Balaban J connectivity index is 1.53. The Hall–Kier alpha value is -2.50. The van der Waals surface area contributed by atoms with Crippen LogP contribution in [0.3, 0.4) is 0 Å². The van der Waals surface area contributed by atoms with Crippen molar-refractivity contribution in [2.75, 3.05) is 26.3 Å². The molecule has 0 bridgehead atoms. The zero-order chi connectivity index (χ0) is 19.1. The van der Waals surface area contributed by atoms with Gasteiger partial charge in [-0.2, -0.15) is 0 Å². The Labute approximate surface area is 163 Å².